The molecule has 0 aliphatic carbocycles. The van der Waals surface area contributed by atoms with Gasteiger partial charge in [-0.1, -0.05) is 24.1 Å². The van der Waals surface area contributed by atoms with Crippen LogP contribution in [0.1, 0.15) is 5.56 Å². The summed E-state index contributed by atoms with van der Waals surface area (Å²) < 4.78 is 4.96. The van der Waals surface area contributed by atoms with E-state index in [9.17, 15) is 4.79 Å². The molecule has 0 spiro atoms. The van der Waals surface area contributed by atoms with E-state index in [1.165, 1.54) is 4.90 Å². The van der Waals surface area contributed by atoms with Gasteiger partial charge in [0.2, 0.25) is 0 Å². The summed E-state index contributed by atoms with van der Waals surface area (Å²) in [5, 5.41) is 0. The molecule has 1 aliphatic rings. The van der Waals surface area contributed by atoms with Gasteiger partial charge in [0.1, 0.15) is 6.61 Å². The zero-order valence-electron chi connectivity index (χ0n) is 7.56. The third-order valence-electron chi connectivity index (χ3n) is 2.10. The van der Waals surface area contributed by atoms with Gasteiger partial charge in [0.05, 0.1) is 12.2 Å². The summed E-state index contributed by atoms with van der Waals surface area (Å²) in [5.41, 5.74) is 1.84. The van der Waals surface area contributed by atoms with E-state index in [4.69, 9.17) is 11.2 Å². The van der Waals surface area contributed by atoms with Crippen molar-refractivity contribution in [3.8, 4) is 12.3 Å². The van der Waals surface area contributed by atoms with Gasteiger partial charge in [-0.25, -0.2) is 4.79 Å². The van der Waals surface area contributed by atoms with Gasteiger partial charge in [-0.2, -0.15) is 0 Å². The van der Waals surface area contributed by atoms with Crippen molar-refractivity contribution in [1.82, 2.24) is 0 Å². The quantitative estimate of drug-likeness (QED) is 0.627. The predicted molar refractivity (Wildman–Crippen MR) is 52.8 cm³/mol. The molecular weight excluding hydrogens is 178 g/mol. The van der Waals surface area contributed by atoms with Crippen LogP contribution in [0.3, 0.4) is 0 Å². The van der Waals surface area contributed by atoms with E-state index in [1.807, 2.05) is 24.3 Å². The molecule has 3 heteroatoms. The molecule has 0 atom stereocenters. The second-order valence-corrected chi connectivity index (χ2v) is 2.97. The highest BCUT2D eigenvalue weighted by Crippen LogP contribution is 2.25. The van der Waals surface area contributed by atoms with Crippen LogP contribution in [0, 0.1) is 12.3 Å². The zero-order valence-corrected chi connectivity index (χ0v) is 7.56. The van der Waals surface area contributed by atoms with Gasteiger partial charge in [0, 0.05) is 5.56 Å². The Morgan fingerprint density at radius 2 is 2.29 bits per heavy atom. The van der Waals surface area contributed by atoms with Crippen LogP contribution in [0.15, 0.2) is 24.3 Å². The van der Waals surface area contributed by atoms with Crippen LogP contribution < -0.4 is 4.90 Å². The number of hydrogen-bond donors (Lipinski definition) is 0. The van der Waals surface area contributed by atoms with Gasteiger partial charge < -0.3 is 4.74 Å². The lowest BCUT2D eigenvalue weighted by Gasteiger charge is -2.27. The molecule has 1 heterocycles. The first kappa shape index (κ1) is 8.64. The third-order valence-corrected chi connectivity index (χ3v) is 2.10. The maximum absolute atomic E-state index is 11.4. The van der Waals surface area contributed by atoms with Crippen LogP contribution in [-0.2, 0) is 11.3 Å². The standard InChI is InChI=1S/C11H9NO2/c1-2-7-12-10-6-4-3-5-9(10)8-14-11(12)13/h1,3-6H,7-8H2. The number of benzene rings is 1. The Kier molecular flexibility index (Phi) is 2.11. The Bertz CT molecular complexity index is 406. The lowest BCUT2D eigenvalue weighted by atomic mass is 10.1. The molecule has 70 valence electrons. The number of hydrogen-bond acceptors (Lipinski definition) is 2. The molecule has 1 aliphatic heterocycles. The van der Waals surface area contributed by atoms with Crippen LogP contribution in [0.2, 0.25) is 0 Å². The predicted octanol–water partition coefficient (Wildman–Crippen LogP) is 1.78. The molecule has 0 aromatic heterocycles. The summed E-state index contributed by atoms with van der Waals surface area (Å²) in [6, 6.07) is 7.57. The number of terminal acetylenes is 1. The van der Waals surface area contributed by atoms with Crippen LogP contribution in [-0.4, -0.2) is 12.6 Å². The minimum Gasteiger partial charge on any atom is -0.444 e. The Labute approximate surface area is 82.3 Å². The maximum Gasteiger partial charge on any atom is 0.415 e. The fourth-order valence-corrected chi connectivity index (χ4v) is 1.45. The minimum atomic E-state index is -0.373. The van der Waals surface area contributed by atoms with Crippen molar-refractivity contribution in [2.75, 3.05) is 11.4 Å². The van der Waals surface area contributed by atoms with Gasteiger partial charge in [0.15, 0.2) is 0 Å². The SMILES string of the molecule is C#CCN1C(=O)OCc2ccccc21. The van der Waals surface area contributed by atoms with Gasteiger partial charge in [-0.05, 0) is 6.07 Å². The van der Waals surface area contributed by atoms with Crippen molar-refractivity contribution in [1.29, 1.82) is 0 Å². The van der Waals surface area contributed by atoms with E-state index in [0.717, 1.165) is 11.3 Å². The van der Waals surface area contributed by atoms with Crippen LogP contribution in [0.5, 0.6) is 0 Å². The Balaban J connectivity index is 2.42. The number of para-hydroxylation sites is 1. The van der Waals surface area contributed by atoms with Crippen molar-refractivity contribution in [3.63, 3.8) is 0 Å². The molecule has 0 saturated heterocycles. The molecule has 1 aromatic rings. The fraction of sp³-hybridized carbons (Fsp3) is 0.182. The zero-order chi connectivity index (χ0) is 9.97. The average molecular weight is 187 g/mol. The Hall–Kier alpha value is -1.95. The molecule has 0 saturated carbocycles. The summed E-state index contributed by atoms with van der Waals surface area (Å²) in [6.45, 7) is 0.575. The van der Waals surface area contributed by atoms with E-state index in [-0.39, 0.29) is 12.6 Å². The maximum atomic E-state index is 11.4. The van der Waals surface area contributed by atoms with Gasteiger partial charge >= 0.3 is 6.09 Å². The van der Waals surface area contributed by atoms with Crippen molar-refractivity contribution in [2.45, 2.75) is 6.61 Å². The second-order valence-electron chi connectivity index (χ2n) is 2.97. The molecule has 2 rings (SSSR count). The molecule has 3 nitrogen and oxygen atoms in total. The highest BCUT2D eigenvalue weighted by Gasteiger charge is 2.23. The lowest BCUT2D eigenvalue weighted by Crippen LogP contribution is -2.35. The van der Waals surface area contributed by atoms with Gasteiger partial charge in [-0.15, -0.1) is 6.42 Å². The average Bonchev–Trinajstić information content (AvgIpc) is 2.23. The molecule has 0 fully saturated rings. The van der Waals surface area contributed by atoms with Crippen molar-refractivity contribution < 1.29 is 9.53 Å². The van der Waals surface area contributed by atoms with E-state index >= 15 is 0 Å². The molecule has 0 unspecified atom stereocenters. The highest BCUT2D eigenvalue weighted by molar-refractivity contribution is 5.90. The van der Waals surface area contributed by atoms with Gasteiger partial charge in [-0.3, -0.25) is 4.90 Å². The van der Waals surface area contributed by atoms with Crippen molar-refractivity contribution in [2.24, 2.45) is 0 Å². The number of ether oxygens (including phenoxy) is 1. The number of amides is 1. The van der Waals surface area contributed by atoms with Gasteiger partial charge in [0.25, 0.3) is 0 Å². The molecule has 1 amide bonds. The number of fused-ring (bicyclic) bond motifs is 1. The Morgan fingerprint density at radius 3 is 3.07 bits per heavy atom. The van der Waals surface area contributed by atoms with E-state index in [0.29, 0.717) is 6.61 Å². The minimum absolute atomic E-state index is 0.246. The monoisotopic (exact) mass is 187 g/mol. The number of rotatable bonds is 1. The normalized spacial score (nSPS) is 14.2. The fourth-order valence-electron chi connectivity index (χ4n) is 1.45. The van der Waals surface area contributed by atoms with Crippen molar-refractivity contribution >= 4 is 11.8 Å². The van der Waals surface area contributed by atoms with Crippen LogP contribution >= 0.6 is 0 Å². The summed E-state index contributed by atoms with van der Waals surface area (Å²) in [7, 11) is 0. The number of anilines is 1. The topological polar surface area (TPSA) is 29.5 Å². The molecular formula is C11H9NO2. The van der Waals surface area contributed by atoms with E-state index in [2.05, 4.69) is 5.92 Å². The van der Waals surface area contributed by atoms with E-state index in [1.54, 1.807) is 0 Å². The summed E-state index contributed by atoms with van der Waals surface area (Å²) in [4.78, 5) is 12.8. The first-order valence-corrected chi connectivity index (χ1v) is 4.28. The lowest BCUT2D eigenvalue weighted by molar-refractivity contribution is 0.142. The molecule has 1 aromatic carbocycles. The summed E-state index contributed by atoms with van der Waals surface area (Å²) >= 11 is 0. The van der Waals surface area contributed by atoms with Crippen molar-refractivity contribution in [3.05, 3.63) is 29.8 Å². The summed E-state index contributed by atoms with van der Waals surface area (Å²) in [6.07, 6.45) is 4.81. The first-order valence-electron chi connectivity index (χ1n) is 4.28. The summed E-state index contributed by atoms with van der Waals surface area (Å²) in [5.74, 6) is 2.43. The molecule has 0 radical (unpaired) electrons. The number of carbonyl (C=O) groups excluding carboxylic acids is 1. The number of nitrogens with zero attached hydrogens (tertiary/aromatic N) is 1. The smallest absolute Gasteiger partial charge is 0.415 e. The number of carbonyl (C=O) groups is 1. The van der Waals surface area contributed by atoms with Crippen LogP contribution in [0.25, 0.3) is 0 Å². The largest absolute Gasteiger partial charge is 0.444 e. The molecule has 0 bridgehead atoms. The van der Waals surface area contributed by atoms with E-state index < -0.39 is 0 Å². The first-order chi connectivity index (χ1) is 6.83. The highest BCUT2D eigenvalue weighted by atomic mass is 16.6. The molecule has 0 N–H and O–H groups in total. The molecule has 14 heavy (non-hydrogen) atoms. The second kappa shape index (κ2) is 3.43. The number of cyclic esters (lactones) is 1. The van der Waals surface area contributed by atoms with Crippen LogP contribution in [0.4, 0.5) is 10.5 Å². The third kappa shape index (κ3) is 1.31. The Morgan fingerprint density at radius 1 is 1.50 bits per heavy atom.